The molecule has 23 heavy (non-hydrogen) atoms. The van der Waals surface area contributed by atoms with Crippen molar-refractivity contribution in [3.8, 4) is 0 Å². The largest absolute Gasteiger partial charge is 0.481 e. The molecule has 0 spiro atoms. The Morgan fingerprint density at radius 2 is 1.70 bits per heavy atom. The number of aliphatic carboxylic acids is 1. The fourth-order valence-corrected chi connectivity index (χ4v) is 3.32. The highest BCUT2D eigenvalue weighted by molar-refractivity contribution is 5.79. The van der Waals surface area contributed by atoms with Gasteiger partial charge in [0.2, 0.25) is 5.91 Å². The molecule has 126 valence electrons. The van der Waals surface area contributed by atoms with Crippen molar-refractivity contribution in [1.82, 2.24) is 10.0 Å². The van der Waals surface area contributed by atoms with Crippen LogP contribution >= 0.6 is 0 Å². The Labute approximate surface area is 137 Å². The molecular formula is C18H26N2O3. The highest BCUT2D eigenvalue weighted by atomic mass is 16.4. The fourth-order valence-electron chi connectivity index (χ4n) is 3.32. The van der Waals surface area contributed by atoms with Gasteiger partial charge in [-0.1, -0.05) is 17.7 Å². The highest BCUT2D eigenvalue weighted by Crippen LogP contribution is 2.21. The van der Waals surface area contributed by atoms with E-state index in [9.17, 15) is 9.59 Å². The molecule has 0 saturated carbocycles. The number of carbonyl (C=O) groups is 2. The molecular weight excluding hydrogens is 292 g/mol. The minimum absolute atomic E-state index is 0.0498. The standard InChI is InChI=1S/C18H26N2O3/c1-12-9-13(2)16(14(3)10-12)11-17(21)19(4)20-7-5-15(6-8-20)18(22)23/h9-10,15H,5-8,11H2,1-4H3,(H,22,23). The average Bonchev–Trinajstić information content (AvgIpc) is 2.50. The molecule has 1 N–H and O–H groups in total. The van der Waals surface area contributed by atoms with Crippen LogP contribution in [0.1, 0.15) is 35.1 Å². The van der Waals surface area contributed by atoms with E-state index < -0.39 is 5.97 Å². The number of nitrogens with zero attached hydrogens (tertiary/aromatic N) is 2. The van der Waals surface area contributed by atoms with Crippen LogP contribution < -0.4 is 0 Å². The molecule has 0 aromatic heterocycles. The maximum absolute atomic E-state index is 12.6. The van der Waals surface area contributed by atoms with Crippen LogP contribution in [0.3, 0.4) is 0 Å². The number of likely N-dealkylation sites (N-methyl/N-ethyl adjacent to an activating group) is 1. The molecule has 5 nitrogen and oxygen atoms in total. The third-order valence-electron chi connectivity index (χ3n) is 4.77. The number of hydrogen-bond acceptors (Lipinski definition) is 3. The van der Waals surface area contributed by atoms with Crippen LogP contribution in [0.15, 0.2) is 12.1 Å². The Kier molecular flexibility index (Phi) is 5.42. The smallest absolute Gasteiger partial charge is 0.306 e. The summed E-state index contributed by atoms with van der Waals surface area (Å²) >= 11 is 0. The Morgan fingerprint density at radius 3 is 2.17 bits per heavy atom. The van der Waals surface area contributed by atoms with Gasteiger partial charge in [0.25, 0.3) is 0 Å². The molecule has 0 bridgehead atoms. The highest BCUT2D eigenvalue weighted by Gasteiger charge is 2.28. The van der Waals surface area contributed by atoms with Crippen molar-refractivity contribution in [2.75, 3.05) is 20.1 Å². The number of carboxylic acids is 1. The molecule has 2 rings (SSSR count). The van der Waals surface area contributed by atoms with E-state index in [2.05, 4.69) is 19.1 Å². The normalized spacial score (nSPS) is 16.3. The summed E-state index contributed by atoms with van der Waals surface area (Å²) < 4.78 is 0. The van der Waals surface area contributed by atoms with Gasteiger partial charge in [0, 0.05) is 20.1 Å². The monoisotopic (exact) mass is 318 g/mol. The van der Waals surface area contributed by atoms with E-state index >= 15 is 0 Å². The lowest BCUT2D eigenvalue weighted by molar-refractivity contribution is -0.151. The average molecular weight is 318 g/mol. The van der Waals surface area contributed by atoms with Gasteiger partial charge in [0.1, 0.15) is 0 Å². The summed E-state index contributed by atoms with van der Waals surface area (Å²) in [5, 5.41) is 12.7. The summed E-state index contributed by atoms with van der Waals surface area (Å²) in [6.45, 7) is 7.38. The summed E-state index contributed by atoms with van der Waals surface area (Å²) in [4.78, 5) is 23.6. The maximum Gasteiger partial charge on any atom is 0.306 e. The summed E-state index contributed by atoms with van der Waals surface area (Å²) in [7, 11) is 1.78. The lowest BCUT2D eigenvalue weighted by Crippen LogP contribution is -2.49. The minimum Gasteiger partial charge on any atom is -0.481 e. The number of piperidine rings is 1. The van der Waals surface area contributed by atoms with E-state index in [0.29, 0.717) is 32.4 Å². The van der Waals surface area contributed by atoms with Crippen LogP contribution in [-0.2, 0) is 16.0 Å². The van der Waals surface area contributed by atoms with E-state index in [4.69, 9.17) is 5.11 Å². The van der Waals surface area contributed by atoms with E-state index in [-0.39, 0.29) is 11.8 Å². The van der Waals surface area contributed by atoms with Crippen molar-refractivity contribution < 1.29 is 14.7 Å². The van der Waals surface area contributed by atoms with Crippen molar-refractivity contribution in [2.24, 2.45) is 5.92 Å². The summed E-state index contributed by atoms with van der Waals surface area (Å²) in [5.41, 5.74) is 4.59. The molecule has 0 atom stereocenters. The number of carbonyl (C=O) groups excluding carboxylic acids is 1. The van der Waals surface area contributed by atoms with E-state index in [1.165, 1.54) is 5.56 Å². The first kappa shape index (κ1) is 17.5. The molecule has 0 radical (unpaired) electrons. The van der Waals surface area contributed by atoms with E-state index in [1.807, 2.05) is 18.9 Å². The third-order valence-corrected chi connectivity index (χ3v) is 4.77. The van der Waals surface area contributed by atoms with Crippen molar-refractivity contribution in [1.29, 1.82) is 0 Å². The van der Waals surface area contributed by atoms with E-state index in [0.717, 1.165) is 16.7 Å². The van der Waals surface area contributed by atoms with Gasteiger partial charge in [0.05, 0.1) is 12.3 Å². The summed E-state index contributed by atoms with van der Waals surface area (Å²) in [6, 6.07) is 4.21. The van der Waals surface area contributed by atoms with Crippen molar-refractivity contribution in [2.45, 2.75) is 40.0 Å². The molecule has 1 fully saturated rings. The SMILES string of the molecule is Cc1cc(C)c(CC(=O)N(C)N2CCC(C(=O)O)CC2)c(C)c1. The van der Waals surface area contributed by atoms with Gasteiger partial charge in [-0.2, -0.15) is 0 Å². The van der Waals surface area contributed by atoms with Crippen molar-refractivity contribution in [3.63, 3.8) is 0 Å². The fraction of sp³-hybridized carbons (Fsp3) is 0.556. The van der Waals surface area contributed by atoms with Gasteiger partial charge in [-0.3, -0.25) is 14.6 Å². The number of carboxylic acid groups (broad SMARTS) is 1. The molecule has 1 aliphatic heterocycles. The van der Waals surface area contributed by atoms with E-state index in [1.54, 1.807) is 12.1 Å². The van der Waals surface area contributed by atoms with Crippen molar-refractivity contribution in [3.05, 3.63) is 34.4 Å². The van der Waals surface area contributed by atoms with Crippen LogP contribution in [0.5, 0.6) is 0 Å². The van der Waals surface area contributed by atoms with Crippen LogP contribution in [0.4, 0.5) is 0 Å². The molecule has 1 aliphatic rings. The van der Waals surface area contributed by atoms with Gasteiger partial charge in [-0.05, 0) is 50.3 Å². The molecule has 1 saturated heterocycles. The number of amides is 1. The number of hydrogen-bond donors (Lipinski definition) is 1. The zero-order chi connectivity index (χ0) is 17.1. The predicted molar refractivity (Wildman–Crippen MR) is 89.1 cm³/mol. The number of rotatable bonds is 4. The zero-order valence-corrected chi connectivity index (χ0v) is 14.4. The molecule has 1 heterocycles. The molecule has 1 amide bonds. The minimum atomic E-state index is -0.732. The van der Waals surface area contributed by atoms with Crippen LogP contribution in [-0.4, -0.2) is 47.1 Å². The third kappa shape index (κ3) is 4.10. The topological polar surface area (TPSA) is 60.9 Å². The predicted octanol–water partition coefficient (Wildman–Crippen LogP) is 2.32. The quantitative estimate of drug-likeness (QED) is 0.925. The Balaban J connectivity index is 2.00. The second kappa shape index (κ2) is 7.13. The Bertz CT molecular complexity index is 581. The first-order chi connectivity index (χ1) is 10.8. The Morgan fingerprint density at radius 1 is 1.17 bits per heavy atom. The lowest BCUT2D eigenvalue weighted by atomic mass is 9.97. The van der Waals surface area contributed by atoms with Gasteiger partial charge in [-0.15, -0.1) is 0 Å². The molecule has 1 aromatic carbocycles. The number of benzene rings is 1. The molecule has 0 unspecified atom stereocenters. The molecule has 0 aliphatic carbocycles. The molecule has 1 aromatic rings. The van der Waals surface area contributed by atoms with Gasteiger partial charge >= 0.3 is 5.97 Å². The summed E-state index contributed by atoms with van der Waals surface area (Å²) in [6.07, 6.45) is 1.57. The second-order valence-electron chi connectivity index (χ2n) is 6.54. The van der Waals surface area contributed by atoms with Gasteiger partial charge in [0.15, 0.2) is 0 Å². The molecule has 5 heteroatoms. The van der Waals surface area contributed by atoms with Crippen LogP contribution in [0.2, 0.25) is 0 Å². The van der Waals surface area contributed by atoms with Crippen LogP contribution in [0.25, 0.3) is 0 Å². The lowest BCUT2D eigenvalue weighted by Gasteiger charge is -2.36. The second-order valence-corrected chi connectivity index (χ2v) is 6.54. The Hall–Kier alpha value is -1.88. The summed E-state index contributed by atoms with van der Waals surface area (Å²) in [5.74, 6) is -0.963. The first-order valence-corrected chi connectivity index (χ1v) is 8.10. The first-order valence-electron chi connectivity index (χ1n) is 8.10. The zero-order valence-electron chi connectivity index (χ0n) is 14.4. The van der Waals surface area contributed by atoms with Gasteiger partial charge < -0.3 is 5.11 Å². The van der Waals surface area contributed by atoms with Crippen LogP contribution in [0, 0.1) is 26.7 Å². The maximum atomic E-state index is 12.6. The number of hydrazine groups is 1. The van der Waals surface area contributed by atoms with Gasteiger partial charge in [-0.25, -0.2) is 5.01 Å². The number of aryl methyl sites for hydroxylation is 3. The van der Waals surface area contributed by atoms with Crippen molar-refractivity contribution >= 4 is 11.9 Å².